The third-order valence-electron chi connectivity index (χ3n) is 2.75. The SMILES string of the molecule is C[C@@H](N)c1ccc(N(C)C2CC2)nc1. The Hall–Kier alpha value is -1.09. The Labute approximate surface area is 84.9 Å². The molecule has 1 aromatic rings. The Balaban J connectivity index is 2.12. The molecule has 1 aliphatic rings. The number of rotatable bonds is 3. The van der Waals surface area contributed by atoms with E-state index in [0.29, 0.717) is 6.04 Å². The molecule has 1 heterocycles. The molecule has 3 nitrogen and oxygen atoms in total. The average molecular weight is 191 g/mol. The minimum absolute atomic E-state index is 0.0720. The van der Waals surface area contributed by atoms with E-state index >= 15 is 0 Å². The standard InChI is InChI=1S/C11H17N3/c1-8(12)9-3-6-11(13-7-9)14(2)10-4-5-10/h3,6-8,10H,4-5,12H2,1-2H3/t8-/m1/s1. The lowest BCUT2D eigenvalue weighted by molar-refractivity contribution is 0.806. The van der Waals surface area contributed by atoms with Crippen LogP contribution in [0.15, 0.2) is 18.3 Å². The molecule has 1 atom stereocenters. The number of hydrogen-bond donors (Lipinski definition) is 1. The summed E-state index contributed by atoms with van der Waals surface area (Å²) in [5.41, 5.74) is 6.85. The van der Waals surface area contributed by atoms with Crippen molar-refractivity contribution in [3.8, 4) is 0 Å². The lowest BCUT2D eigenvalue weighted by Gasteiger charge is -2.17. The van der Waals surface area contributed by atoms with E-state index in [9.17, 15) is 0 Å². The number of nitrogens with two attached hydrogens (primary N) is 1. The number of pyridine rings is 1. The van der Waals surface area contributed by atoms with Gasteiger partial charge in [0.05, 0.1) is 0 Å². The van der Waals surface area contributed by atoms with Gasteiger partial charge in [0.15, 0.2) is 0 Å². The van der Waals surface area contributed by atoms with Crippen LogP contribution in [0.5, 0.6) is 0 Å². The molecule has 2 rings (SSSR count). The van der Waals surface area contributed by atoms with Crippen molar-refractivity contribution in [1.29, 1.82) is 0 Å². The summed E-state index contributed by atoms with van der Waals surface area (Å²) in [6, 6.07) is 4.90. The van der Waals surface area contributed by atoms with Crippen LogP contribution in [0.3, 0.4) is 0 Å². The lowest BCUT2D eigenvalue weighted by Crippen LogP contribution is -2.20. The van der Waals surface area contributed by atoms with Gasteiger partial charge in [-0.05, 0) is 31.4 Å². The van der Waals surface area contributed by atoms with Gasteiger partial charge in [0.2, 0.25) is 0 Å². The molecule has 3 heteroatoms. The molecule has 0 saturated heterocycles. The maximum Gasteiger partial charge on any atom is 0.128 e. The van der Waals surface area contributed by atoms with E-state index in [1.54, 1.807) is 0 Å². The van der Waals surface area contributed by atoms with Gasteiger partial charge in [-0.3, -0.25) is 0 Å². The highest BCUT2D eigenvalue weighted by Gasteiger charge is 2.26. The van der Waals surface area contributed by atoms with Crippen LogP contribution in [-0.4, -0.2) is 18.1 Å². The maximum absolute atomic E-state index is 5.76. The molecule has 1 aromatic heterocycles. The minimum atomic E-state index is 0.0720. The summed E-state index contributed by atoms with van der Waals surface area (Å²) in [7, 11) is 2.10. The zero-order valence-electron chi connectivity index (χ0n) is 8.77. The topological polar surface area (TPSA) is 42.1 Å². The van der Waals surface area contributed by atoms with Crippen LogP contribution in [0.1, 0.15) is 31.4 Å². The first-order valence-corrected chi connectivity index (χ1v) is 5.13. The molecule has 0 radical (unpaired) electrons. The van der Waals surface area contributed by atoms with Gasteiger partial charge in [0.1, 0.15) is 5.82 Å². The van der Waals surface area contributed by atoms with Gasteiger partial charge >= 0.3 is 0 Å². The predicted molar refractivity (Wildman–Crippen MR) is 58.3 cm³/mol. The molecule has 0 aromatic carbocycles. The van der Waals surface area contributed by atoms with Crippen molar-refractivity contribution in [2.24, 2.45) is 5.73 Å². The fourth-order valence-corrected chi connectivity index (χ4v) is 1.52. The molecular weight excluding hydrogens is 174 g/mol. The van der Waals surface area contributed by atoms with E-state index in [4.69, 9.17) is 5.73 Å². The van der Waals surface area contributed by atoms with Crippen LogP contribution in [-0.2, 0) is 0 Å². The quantitative estimate of drug-likeness (QED) is 0.790. The molecule has 0 spiro atoms. The van der Waals surface area contributed by atoms with Crippen LogP contribution in [0.2, 0.25) is 0 Å². The molecule has 1 fully saturated rings. The van der Waals surface area contributed by atoms with Crippen LogP contribution in [0.25, 0.3) is 0 Å². The van der Waals surface area contributed by atoms with Crippen molar-refractivity contribution in [2.45, 2.75) is 31.8 Å². The molecular formula is C11H17N3. The minimum Gasteiger partial charge on any atom is -0.357 e. The Morgan fingerprint density at radius 3 is 2.64 bits per heavy atom. The Bertz CT molecular complexity index is 301. The lowest BCUT2D eigenvalue weighted by atomic mass is 10.1. The van der Waals surface area contributed by atoms with Crippen LogP contribution in [0, 0.1) is 0 Å². The highest BCUT2D eigenvalue weighted by atomic mass is 15.2. The fourth-order valence-electron chi connectivity index (χ4n) is 1.52. The first-order chi connectivity index (χ1) is 6.68. The van der Waals surface area contributed by atoms with E-state index in [-0.39, 0.29) is 6.04 Å². The van der Waals surface area contributed by atoms with Crippen LogP contribution >= 0.6 is 0 Å². The summed E-state index contributed by atoms with van der Waals surface area (Å²) in [6.45, 7) is 1.97. The molecule has 0 amide bonds. The first-order valence-electron chi connectivity index (χ1n) is 5.13. The van der Waals surface area contributed by atoms with Gasteiger partial charge in [-0.25, -0.2) is 4.98 Å². The second-order valence-electron chi connectivity index (χ2n) is 4.08. The molecule has 0 unspecified atom stereocenters. The van der Waals surface area contributed by atoms with Crippen molar-refractivity contribution in [1.82, 2.24) is 4.98 Å². The molecule has 0 bridgehead atoms. The highest BCUT2D eigenvalue weighted by molar-refractivity contribution is 5.41. The molecule has 0 aliphatic heterocycles. The van der Waals surface area contributed by atoms with E-state index in [2.05, 4.69) is 29.1 Å². The summed E-state index contributed by atoms with van der Waals surface area (Å²) >= 11 is 0. The third kappa shape index (κ3) is 1.87. The van der Waals surface area contributed by atoms with Crippen molar-refractivity contribution in [2.75, 3.05) is 11.9 Å². The van der Waals surface area contributed by atoms with Crippen LogP contribution < -0.4 is 10.6 Å². The summed E-state index contributed by atoms with van der Waals surface area (Å²) in [6.07, 6.45) is 4.47. The zero-order chi connectivity index (χ0) is 10.1. The zero-order valence-corrected chi connectivity index (χ0v) is 8.77. The van der Waals surface area contributed by atoms with E-state index in [1.807, 2.05) is 13.1 Å². The van der Waals surface area contributed by atoms with Gasteiger partial charge in [-0.1, -0.05) is 6.07 Å². The number of anilines is 1. The first kappa shape index (κ1) is 9.46. The summed E-state index contributed by atoms with van der Waals surface area (Å²) in [5, 5.41) is 0. The highest BCUT2D eigenvalue weighted by Crippen LogP contribution is 2.29. The second kappa shape index (κ2) is 3.58. The van der Waals surface area contributed by atoms with E-state index < -0.39 is 0 Å². The van der Waals surface area contributed by atoms with Crippen molar-refractivity contribution >= 4 is 5.82 Å². The molecule has 14 heavy (non-hydrogen) atoms. The number of hydrogen-bond acceptors (Lipinski definition) is 3. The smallest absolute Gasteiger partial charge is 0.128 e. The average Bonchev–Trinajstić information content (AvgIpc) is 3.00. The van der Waals surface area contributed by atoms with Crippen molar-refractivity contribution in [3.05, 3.63) is 23.9 Å². The van der Waals surface area contributed by atoms with E-state index in [0.717, 1.165) is 11.4 Å². The fraction of sp³-hybridized carbons (Fsp3) is 0.545. The van der Waals surface area contributed by atoms with Crippen LogP contribution in [0.4, 0.5) is 5.82 Å². The predicted octanol–water partition coefficient (Wildman–Crippen LogP) is 1.70. The maximum atomic E-state index is 5.76. The molecule has 1 aliphatic carbocycles. The van der Waals surface area contributed by atoms with Gasteiger partial charge in [0.25, 0.3) is 0 Å². The summed E-state index contributed by atoms with van der Waals surface area (Å²) in [5.74, 6) is 1.05. The normalized spacial score (nSPS) is 17.9. The Morgan fingerprint density at radius 1 is 1.50 bits per heavy atom. The third-order valence-corrected chi connectivity index (χ3v) is 2.75. The summed E-state index contributed by atoms with van der Waals surface area (Å²) in [4.78, 5) is 6.65. The Morgan fingerprint density at radius 2 is 2.21 bits per heavy atom. The van der Waals surface area contributed by atoms with Gasteiger partial charge in [0, 0.05) is 25.3 Å². The van der Waals surface area contributed by atoms with Crippen molar-refractivity contribution < 1.29 is 0 Å². The van der Waals surface area contributed by atoms with Gasteiger partial charge in [-0.15, -0.1) is 0 Å². The van der Waals surface area contributed by atoms with Gasteiger partial charge in [-0.2, -0.15) is 0 Å². The second-order valence-corrected chi connectivity index (χ2v) is 4.08. The summed E-state index contributed by atoms with van der Waals surface area (Å²) < 4.78 is 0. The number of nitrogens with zero attached hydrogens (tertiary/aromatic N) is 2. The number of aromatic nitrogens is 1. The van der Waals surface area contributed by atoms with Crippen molar-refractivity contribution in [3.63, 3.8) is 0 Å². The molecule has 76 valence electrons. The Kier molecular flexibility index (Phi) is 2.42. The molecule has 2 N–H and O–H groups in total. The van der Waals surface area contributed by atoms with E-state index in [1.165, 1.54) is 12.8 Å². The van der Waals surface area contributed by atoms with Gasteiger partial charge < -0.3 is 10.6 Å². The monoisotopic (exact) mass is 191 g/mol. The largest absolute Gasteiger partial charge is 0.357 e. The molecule has 1 saturated carbocycles.